The smallest absolute Gasteiger partial charge is 0.200 e. The normalized spacial score (nSPS) is 19.9. The lowest BCUT2D eigenvalue weighted by Gasteiger charge is -2.22. The highest BCUT2D eigenvalue weighted by molar-refractivity contribution is 5.52. The maximum atomic E-state index is 9.63. The Balaban J connectivity index is 1.84. The fraction of sp³-hybridized carbons (Fsp3) is 0.538. The van der Waals surface area contributed by atoms with E-state index in [1.54, 1.807) is 6.07 Å². The number of hydrogen-bond donors (Lipinski definition) is 4. The predicted molar refractivity (Wildman–Crippen MR) is 66.7 cm³/mol. The van der Waals surface area contributed by atoms with Gasteiger partial charge in [-0.3, -0.25) is 0 Å². The molecule has 0 bridgehead atoms. The first-order valence-electron chi connectivity index (χ1n) is 6.23. The molecule has 4 N–H and O–H groups in total. The second-order valence-electron chi connectivity index (χ2n) is 4.56. The van der Waals surface area contributed by atoms with Gasteiger partial charge in [0.2, 0.25) is 5.75 Å². The third-order valence-electron chi connectivity index (χ3n) is 3.17. The van der Waals surface area contributed by atoms with Gasteiger partial charge in [-0.25, -0.2) is 0 Å². The first-order valence-corrected chi connectivity index (χ1v) is 6.23. The Morgan fingerprint density at radius 2 is 2.00 bits per heavy atom. The van der Waals surface area contributed by atoms with Gasteiger partial charge >= 0.3 is 0 Å². The summed E-state index contributed by atoms with van der Waals surface area (Å²) in [4.78, 5) is 0. The summed E-state index contributed by atoms with van der Waals surface area (Å²) >= 11 is 0. The molecule has 5 heteroatoms. The highest BCUT2D eigenvalue weighted by Crippen LogP contribution is 2.36. The number of phenolic OH excluding ortho intramolecular Hbond substituents is 3. The molecule has 0 aliphatic carbocycles. The Bertz CT molecular complexity index is 402. The van der Waals surface area contributed by atoms with Crippen molar-refractivity contribution in [2.24, 2.45) is 0 Å². The second kappa shape index (κ2) is 5.93. The highest BCUT2D eigenvalue weighted by Gasteiger charge is 2.14. The van der Waals surface area contributed by atoms with Crippen molar-refractivity contribution in [3.05, 3.63) is 17.7 Å². The highest BCUT2D eigenvalue weighted by atomic mass is 16.5. The van der Waals surface area contributed by atoms with Gasteiger partial charge < -0.3 is 25.4 Å². The Morgan fingerprint density at radius 3 is 2.72 bits per heavy atom. The third kappa shape index (κ3) is 3.05. The van der Waals surface area contributed by atoms with Gasteiger partial charge in [-0.05, 0) is 25.3 Å². The van der Waals surface area contributed by atoms with Crippen LogP contribution >= 0.6 is 0 Å². The van der Waals surface area contributed by atoms with E-state index in [9.17, 15) is 15.3 Å². The molecule has 0 aromatic heterocycles. The van der Waals surface area contributed by atoms with Gasteiger partial charge in [0.1, 0.15) is 0 Å². The van der Waals surface area contributed by atoms with Gasteiger partial charge in [0.25, 0.3) is 0 Å². The van der Waals surface area contributed by atoms with Gasteiger partial charge in [-0.2, -0.15) is 0 Å². The molecule has 1 saturated heterocycles. The lowest BCUT2D eigenvalue weighted by Crippen LogP contribution is -2.31. The number of rotatable bonds is 4. The molecule has 2 rings (SSSR count). The zero-order chi connectivity index (χ0) is 13.0. The Labute approximate surface area is 106 Å². The molecule has 100 valence electrons. The minimum Gasteiger partial charge on any atom is -0.504 e. The standard InChI is InChI=1S/C13H19NO4/c15-11-5-4-9(12(16)13(11)17)7-14-8-10-3-1-2-6-18-10/h4-5,10,14-17H,1-3,6-8H2. The molecule has 5 nitrogen and oxygen atoms in total. The van der Waals surface area contributed by atoms with Crippen molar-refractivity contribution in [3.63, 3.8) is 0 Å². The summed E-state index contributed by atoms with van der Waals surface area (Å²) in [5.74, 6) is -1.05. The number of aromatic hydroxyl groups is 3. The van der Waals surface area contributed by atoms with E-state index in [-0.39, 0.29) is 17.6 Å². The van der Waals surface area contributed by atoms with E-state index in [1.165, 1.54) is 12.5 Å². The summed E-state index contributed by atoms with van der Waals surface area (Å²) in [7, 11) is 0. The molecule has 1 unspecified atom stereocenters. The minimum atomic E-state index is -0.469. The molecule has 1 heterocycles. The Morgan fingerprint density at radius 1 is 1.17 bits per heavy atom. The third-order valence-corrected chi connectivity index (χ3v) is 3.17. The van der Waals surface area contributed by atoms with Crippen LogP contribution in [0.25, 0.3) is 0 Å². The molecule has 0 radical (unpaired) electrons. The second-order valence-corrected chi connectivity index (χ2v) is 4.56. The number of hydrogen-bond acceptors (Lipinski definition) is 5. The lowest BCUT2D eigenvalue weighted by molar-refractivity contribution is 0.0167. The van der Waals surface area contributed by atoms with Crippen LogP contribution in [-0.2, 0) is 11.3 Å². The van der Waals surface area contributed by atoms with Crippen LogP contribution in [0, 0.1) is 0 Å². The molecule has 0 saturated carbocycles. The van der Waals surface area contributed by atoms with Crippen LogP contribution < -0.4 is 5.32 Å². The monoisotopic (exact) mass is 253 g/mol. The van der Waals surface area contributed by atoms with Crippen molar-refractivity contribution in [2.45, 2.75) is 31.9 Å². The number of phenols is 3. The summed E-state index contributed by atoms with van der Waals surface area (Å²) in [5.41, 5.74) is 0.557. The van der Waals surface area contributed by atoms with E-state index in [0.717, 1.165) is 26.0 Å². The quantitative estimate of drug-likeness (QED) is 0.611. The van der Waals surface area contributed by atoms with Crippen LogP contribution in [0.15, 0.2) is 12.1 Å². The van der Waals surface area contributed by atoms with E-state index >= 15 is 0 Å². The first-order chi connectivity index (χ1) is 8.68. The fourth-order valence-electron chi connectivity index (χ4n) is 2.09. The summed E-state index contributed by atoms with van der Waals surface area (Å²) in [6.45, 7) is 1.97. The van der Waals surface area contributed by atoms with Crippen LogP contribution in [0.3, 0.4) is 0 Å². The van der Waals surface area contributed by atoms with Gasteiger partial charge in [0.05, 0.1) is 6.10 Å². The molecule has 1 aliphatic heterocycles. The Hall–Kier alpha value is -1.46. The molecular weight excluding hydrogens is 234 g/mol. The maximum Gasteiger partial charge on any atom is 0.200 e. The summed E-state index contributed by atoms with van der Waals surface area (Å²) in [6, 6.07) is 2.95. The average Bonchev–Trinajstić information content (AvgIpc) is 2.40. The molecule has 0 spiro atoms. The summed E-state index contributed by atoms with van der Waals surface area (Å²) < 4.78 is 5.57. The van der Waals surface area contributed by atoms with E-state index in [2.05, 4.69) is 5.32 Å². The zero-order valence-corrected chi connectivity index (χ0v) is 10.2. The molecule has 1 aliphatic rings. The van der Waals surface area contributed by atoms with Crippen LogP contribution in [0.2, 0.25) is 0 Å². The van der Waals surface area contributed by atoms with Crippen molar-refractivity contribution >= 4 is 0 Å². The minimum absolute atomic E-state index is 0.228. The van der Waals surface area contributed by atoms with Crippen LogP contribution in [0.1, 0.15) is 24.8 Å². The van der Waals surface area contributed by atoms with Crippen molar-refractivity contribution < 1.29 is 20.1 Å². The number of benzene rings is 1. The molecule has 1 atom stereocenters. The number of nitrogens with one attached hydrogen (secondary N) is 1. The predicted octanol–water partition coefficient (Wildman–Crippen LogP) is 1.46. The molecule has 1 fully saturated rings. The van der Waals surface area contributed by atoms with Crippen LogP contribution in [0.4, 0.5) is 0 Å². The van der Waals surface area contributed by atoms with Crippen molar-refractivity contribution in [3.8, 4) is 17.2 Å². The first kappa shape index (κ1) is 13.0. The largest absolute Gasteiger partial charge is 0.504 e. The fourth-order valence-corrected chi connectivity index (χ4v) is 2.09. The van der Waals surface area contributed by atoms with Gasteiger partial charge in [0.15, 0.2) is 11.5 Å². The molecule has 1 aromatic carbocycles. The van der Waals surface area contributed by atoms with Crippen molar-refractivity contribution in [2.75, 3.05) is 13.2 Å². The Kier molecular flexibility index (Phi) is 4.28. The SMILES string of the molecule is Oc1ccc(CNCC2CCCCO2)c(O)c1O. The van der Waals surface area contributed by atoms with Gasteiger partial charge in [0, 0.05) is 25.3 Å². The number of ether oxygens (including phenoxy) is 1. The van der Waals surface area contributed by atoms with E-state index < -0.39 is 5.75 Å². The summed E-state index contributed by atoms with van der Waals surface area (Å²) in [5, 5.41) is 31.4. The van der Waals surface area contributed by atoms with Crippen molar-refractivity contribution in [1.29, 1.82) is 0 Å². The topological polar surface area (TPSA) is 82.0 Å². The van der Waals surface area contributed by atoms with E-state index in [1.807, 2.05) is 0 Å². The maximum absolute atomic E-state index is 9.63. The van der Waals surface area contributed by atoms with Crippen LogP contribution in [0.5, 0.6) is 17.2 Å². The van der Waals surface area contributed by atoms with Crippen LogP contribution in [-0.4, -0.2) is 34.6 Å². The van der Waals surface area contributed by atoms with Gasteiger partial charge in [-0.1, -0.05) is 6.07 Å². The summed E-state index contributed by atoms with van der Waals surface area (Å²) in [6.07, 6.45) is 3.60. The van der Waals surface area contributed by atoms with E-state index in [0.29, 0.717) is 12.1 Å². The van der Waals surface area contributed by atoms with E-state index in [4.69, 9.17) is 4.74 Å². The molecule has 1 aromatic rings. The van der Waals surface area contributed by atoms with Crippen molar-refractivity contribution in [1.82, 2.24) is 5.32 Å². The lowest BCUT2D eigenvalue weighted by atomic mass is 10.1. The average molecular weight is 253 g/mol. The molecule has 0 amide bonds. The molecule has 18 heavy (non-hydrogen) atoms. The molecular formula is C13H19NO4. The van der Waals surface area contributed by atoms with Gasteiger partial charge in [-0.15, -0.1) is 0 Å². The zero-order valence-electron chi connectivity index (χ0n) is 10.2.